The predicted octanol–water partition coefficient (Wildman–Crippen LogP) is 5.58. The number of rotatable bonds is 5. The van der Waals surface area contributed by atoms with E-state index in [4.69, 9.17) is 4.42 Å². The smallest absolute Gasteiger partial charge is 0.205 e. The van der Waals surface area contributed by atoms with Crippen LogP contribution in [0.4, 0.5) is 0 Å². The van der Waals surface area contributed by atoms with E-state index in [0.717, 1.165) is 21.1 Å². The molecule has 0 fully saturated rings. The van der Waals surface area contributed by atoms with Crippen LogP contribution in [0.5, 0.6) is 0 Å². The lowest BCUT2D eigenvalue weighted by Crippen LogP contribution is -1.99. The molecule has 0 unspecified atom stereocenters. The van der Waals surface area contributed by atoms with Crippen LogP contribution in [0.3, 0.4) is 0 Å². The third-order valence-corrected chi connectivity index (χ3v) is 5.14. The molecular formula is C19H14BrN3OS. The molecule has 0 radical (unpaired) electrons. The number of hydrogen-bond donors (Lipinski definition) is 0. The molecule has 0 aliphatic heterocycles. The Morgan fingerprint density at radius 2 is 1.84 bits per heavy atom. The second-order valence-corrected chi connectivity index (χ2v) is 7.23. The first-order valence-corrected chi connectivity index (χ1v) is 9.51. The summed E-state index contributed by atoms with van der Waals surface area (Å²) in [5.74, 6) is 2.21. The zero-order valence-corrected chi connectivity index (χ0v) is 15.6. The Kier molecular flexibility index (Phi) is 4.72. The van der Waals surface area contributed by atoms with Crippen molar-refractivity contribution in [3.05, 3.63) is 83.0 Å². The van der Waals surface area contributed by atoms with E-state index in [0.29, 0.717) is 11.6 Å². The molecule has 0 spiro atoms. The number of furan rings is 1. The van der Waals surface area contributed by atoms with Crippen molar-refractivity contribution in [1.82, 2.24) is 14.8 Å². The highest BCUT2D eigenvalue weighted by atomic mass is 79.9. The second kappa shape index (κ2) is 7.29. The maximum atomic E-state index is 5.53. The molecule has 0 aliphatic carbocycles. The standard InChI is InChI=1S/C19H14BrN3OS/c20-15-7-4-6-14(12-15)13-25-19-22-21-18(17-10-5-11-24-17)23(19)16-8-2-1-3-9-16/h1-12H,13H2. The van der Waals surface area contributed by atoms with Crippen LogP contribution in [-0.2, 0) is 5.75 Å². The largest absolute Gasteiger partial charge is 0.461 e. The van der Waals surface area contributed by atoms with Crippen molar-refractivity contribution in [3.8, 4) is 17.3 Å². The molecule has 4 aromatic rings. The fourth-order valence-electron chi connectivity index (χ4n) is 2.51. The average molecular weight is 412 g/mol. The summed E-state index contributed by atoms with van der Waals surface area (Å²) >= 11 is 5.16. The van der Waals surface area contributed by atoms with Gasteiger partial charge in [0.15, 0.2) is 10.9 Å². The SMILES string of the molecule is Brc1cccc(CSc2nnc(-c3ccco3)n2-c2ccccc2)c1. The van der Waals surface area contributed by atoms with Gasteiger partial charge in [0.25, 0.3) is 0 Å². The molecule has 0 saturated heterocycles. The van der Waals surface area contributed by atoms with Gasteiger partial charge in [-0.05, 0) is 42.0 Å². The first-order valence-electron chi connectivity index (χ1n) is 7.73. The third-order valence-electron chi connectivity index (χ3n) is 3.65. The molecule has 2 aromatic heterocycles. The molecule has 4 rings (SSSR count). The fraction of sp³-hybridized carbons (Fsp3) is 0.0526. The van der Waals surface area contributed by atoms with E-state index >= 15 is 0 Å². The van der Waals surface area contributed by atoms with Gasteiger partial charge in [-0.1, -0.05) is 58.0 Å². The molecule has 0 N–H and O–H groups in total. The Morgan fingerprint density at radius 1 is 0.960 bits per heavy atom. The van der Waals surface area contributed by atoms with Gasteiger partial charge < -0.3 is 4.42 Å². The van der Waals surface area contributed by atoms with Crippen molar-refractivity contribution >= 4 is 27.7 Å². The summed E-state index contributed by atoms with van der Waals surface area (Å²) < 4.78 is 8.64. The lowest BCUT2D eigenvalue weighted by atomic mass is 10.2. The Bertz CT molecular complexity index is 968. The van der Waals surface area contributed by atoms with E-state index in [9.17, 15) is 0 Å². The van der Waals surface area contributed by atoms with E-state index in [1.807, 2.05) is 59.2 Å². The summed E-state index contributed by atoms with van der Waals surface area (Å²) in [6.45, 7) is 0. The molecule has 0 saturated carbocycles. The van der Waals surface area contributed by atoms with Crippen LogP contribution >= 0.6 is 27.7 Å². The van der Waals surface area contributed by atoms with Gasteiger partial charge in [-0.3, -0.25) is 4.57 Å². The topological polar surface area (TPSA) is 43.9 Å². The van der Waals surface area contributed by atoms with Gasteiger partial charge in [-0.25, -0.2) is 0 Å². The molecule has 6 heteroatoms. The summed E-state index contributed by atoms with van der Waals surface area (Å²) in [4.78, 5) is 0. The molecule has 2 aromatic carbocycles. The van der Waals surface area contributed by atoms with Crippen LogP contribution in [0, 0.1) is 0 Å². The van der Waals surface area contributed by atoms with Crippen LogP contribution < -0.4 is 0 Å². The van der Waals surface area contributed by atoms with Crippen LogP contribution in [-0.4, -0.2) is 14.8 Å². The minimum absolute atomic E-state index is 0.700. The lowest BCUT2D eigenvalue weighted by molar-refractivity contribution is 0.575. The van der Waals surface area contributed by atoms with Crippen LogP contribution in [0.2, 0.25) is 0 Å². The van der Waals surface area contributed by atoms with Gasteiger partial charge in [0, 0.05) is 15.9 Å². The molecule has 0 bridgehead atoms. The molecular weight excluding hydrogens is 398 g/mol. The number of aromatic nitrogens is 3. The van der Waals surface area contributed by atoms with E-state index in [-0.39, 0.29) is 0 Å². The maximum Gasteiger partial charge on any atom is 0.205 e. The zero-order valence-electron chi connectivity index (χ0n) is 13.2. The first kappa shape index (κ1) is 16.2. The second-order valence-electron chi connectivity index (χ2n) is 5.37. The Hall–Kier alpha value is -2.31. The van der Waals surface area contributed by atoms with Gasteiger partial charge in [0.1, 0.15) is 0 Å². The van der Waals surface area contributed by atoms with Crippen LogP contribution in [0.25, 0.3) is 17.3 Å². The van der Waals surface area contributed by atoms with Gasteiger partial charge in [-0.2, -0.15) is 0 Å². The van der Waals surface area contributed by atoms with Crippen molar-refractivity contribution in [2.75, 3.05) is 0 Å². The molecule has 2 heterocycles. The monoisotopic (exact) mass is 411 g/mol. The summed E-state index contributed by atoms with van der Waals surface area (Å²) in [6, 6.07) is 22.1. The maximum absolute atomic E-state index is 5.53. The molecule has 124 valence electrons. The quantitative estimate of drug-likeness (QED) is 0.402. The third kappa shape index (κ3) is 3.55. The number of halogens is 1. The number of para-hydroxylation sites is 1. The highest BCUT2D eigenvalue weighted by molar-refractivity contribution is 9.10. The summed E-state index contributed by atoms with van der Waals surface area (Å²) in [5, 5.41) is 9.58. The van der Waals surface area contributed by atoms with E-state index in [1.54, 1.807) is 18.0 Å². The van der Waals surface area contributed by atoms with Gasteiger partial charge in [0.05, 0.1) is 6.26 Å². The first-order chi connectivity index (χ1) is 12.3. The van der Waals surface area contributed by atoms with Gasteiger partial charge in [0.2, 0.25) is 5.82 Å². The van der Waals surface area contributed by atoms with E-state index < -0.39 is 0 Å². The molecule has 25 heavy (non-hydrogen) atoms. The van der Waals surface area contributed by atoms with Crippen LogP contribution in [0.15, 0.2) is 87.0 Å². The van der Waals surface area contributed by atoms with Crippen LogP contribution in [0.1, 0.15) is 5.56 Å². The van der Waals surface area contributed by atoms with Gasteiger partial charge >= 0.3 is 0 Å². The van der Waals surface area contributed by atoms with E-state index in [1.165, 1.54) is 5.56 Å². The fourth-order valence-corrected chi connectivity index (χ4v) is 3.85. The minimum Gasteiger partial charge on any atom is -0.461 e. The Morgan fingerprint density at radius 3 is 2.60 bits per heavy atom. The normalized spacial score (nSPS) is 10.9. The Labute approximate surface area is 158 Å². The molecule has 0 atom stereocenters. The number of nitrogens with zero attached hydrogens (tertiary/aromatic N) is 3. The highest BCUT2D eigenvalue weighted by Gasteiger charge is 2.17. The van der Waals surface area contributed by atoms with Crippen molar-refractivity contribution in [2.45, 2.75) is 10.9 Å². The average Bonchev–Trinajstić information content (AvgIpc) is 3.30. The minimum atomic E-state index is 0.700. The number of hydrogen-bond acceptors (Lipinski definition) is 4. The number of thioether (sulfide) groups is 1. The summed E-state index contributed by atoms with van der Waals surface area (Å²) in [7, 11) is 0. The van der Waals surface area contributed by atoms with Crippen molar-refractivity contribution in [2.24, 2.45) is 0 Å². The van der Waals surface area contributed by atoms with E-state index in [2.05, 4.69) is 38.3 Å². The van der Waals surface area contributed by atoms with Crippen molar-refractivity contribution in [1.29, 1.82) is 0 Å². The van der Waals surface area contributed by atoms with Crippen molar-refractivity contribution < 1.29 is 4.42 Å². The molecule has 4 nitrogen and oxygen atoms in total. The van der Waals surface area contributed by atoms with Gasteiger partial charge in [-0.15, -0.1) is 10.2 Å². The summed E-state index contributed by atoms with van der Waals surface area (Å²) in [6.07, 6.45) is 1.65. The summed E-state index contributed by atoms with van der Waals surface area (Å²) in [5.41, 5.74) is 2.23. The lowest BCUT2D eigenvalue weighted by Gasteiger charge is -2.09. The Balaban J connectivity index is 1.70. The predicted molar refractivity (Wildman–Crippen MR) is 103 cm³/mol. The number of benzene rings is 2. The zero-order chi connectivity index (χ0) is 17.1. The molecule has 0 amide bonds. The molecule has 0 aliphatic rings. The van der Waals surface area contributed by atoms with Crippen molar-refractivity contribution in [3.63, 3.8) is 0 Å². The highest BCUT2D eigenvalue weighted by Crippen LogP contribution is 2.30.